The predicted octanol–water partition coefficient (Wildman–Crippen LogP) is 4.52. The van der Waals surface area contributed by atoms with Crippen molar-refractivity contribution in [3.05, 3.63) is 0 Å². The van der Waals surface area contributed by atoms with Crippen molar-refractivity contribution in [3.8, 4) is 0 Å². The van der Waals surface area contributed by atoms with E-state index in [9.17, 15) is 13.2 Å². The molecule has 0 aliphatic carbocycles. The van der Waals surface area contributed by atoms with E-state index in [4.69, 9.17) is 0 Å². The van der Waals surface area contributed by atoms with Crippen molar-refractivity contribution in [2.45, 2.75) is 71.5 Å². The molecule has 17 heavy (non-hydrogen) atoms. The fourth-order valence-electron chi connectivity index (χ4n) is 1.78. The Morgan fingerprint density at radius 2 is 1.71 bits per heavy atom. The summed E-state index contributed by atoms with van der Waals surface area (Å²) in [5.41, 5.74) is 0. The molecule has 0 fully saturated rings. The average Bonchev–Trinajstić information content (AvgIpc) is 2.19. The lowest BCUT2D eigenvalue weighted by Crippen LogP contribution is -2.30. The summed E-state index contributed by atoms with van der Waals surface area (Å²) in [6.45, 7) is 7.26. The Hall–Kier alpha value is -0.250. The Morgan fingerprint density at radius 1 is 1.06 bits per heavy atom. The van der Waals surface area contributed by atoms with Gasteiger partial charge in [0.1, 0.15) is 0 Å². The highest BCUT2D eigenvalue weighted by Crippen LogP contribution is 2.23. The average molecular weight is 253 g/mol. The molecule has 1 unspecified atom stereocenters. The SMILES string of the molecule is CCCNC(CCCC(F)(F)F)CCC(C)C. The second-order valence-corrected chi connectivity index (χ2v) is 5.13. The van der Waals surface area contributed by atoms with Crippen LogP contribution in [0.25, 0.3) is 0 Å². The van der Waals surface area contributed by atoms with Gasteiger partial charge in [0.2, 0.25) is 0 Å². The van der Waals surface area contributed by atoms with Gasteiger partial charge in [0.15, 0.2) is 0 Å². The van der Waals surface area contributed by atoms with Crippen LogP contribution in [-0.4, -0.2) is 18.8 Å². The Morgan fingerprint density at radius 3 is 2.18 bits per heavy atom. The van der Waals surface area contributed by atoms with Crippen LogP contribution in [0.4, 0.5) is 13.2 Å². The van der Waals surface area contributed by atoms with E-state index in [1.165, 1.54) is 0 Å². The number of alkyl halides is 3. The Kier molecular flexibility index (Phi) is 8.66. The van der Waals surface area contributed by atoms with E-state index >= 15 is 0 Å². The van der Waals surface area contributed by atoms with Gasteiger partial charge < -0.3 is 5.32 Å². The Balaban J connectivity index is 3.84. The van der Waals surface area contributed by atoms with Crippen LogP contribution < -0.4 is 5.32 Å². The zero-order valence-corrected chi connectivity index (χ0v) is 11.2. The molecule has 4 heteroatoms. The topological polar surface area (TPSA) is 12.0 Å². The van der Waals surface area contributed by atoms with Gasteiger partial charge in [-0.1, -0.05) is 20.8 Å². The van der Waals surface area contributed by atoms with E-state index in [1.54, 1.807) is 0 Å². The summed E-state index contributed by atoms with van der Waals surface area (Å²) in [6.07, 6.45) is -0.706. The highest BCUT2D eigenvalue weighted by molar-refractivity contribution is 4.68. The van der Waals surface area contributed by atoms with Crippen molar-refractivity contribution >= 4 is 0 Å². The zero-order valence-electron chi connectivity index (χ0n) is 11.2. The molecule has 0 aromatic carbocycles. The fraction of sp³-hybridized carbons (Fsp3) is 1.00. The molecular weight excluding hydrogens is 227 g/mol. The lowest BCUT2D eigenvalue weighted by molar-refractivity contribution is -0.135. The maximum atomic E-state index is 12.1. The Labute approximate surface area is 103 Å². The largest absolute Gasteiger partial charge is 0.389 e. The molecule has 0 aromatic heterocycles. The number of nitrogens with one attached hydrogen (secondary N) is 1. The molecule has 0 heterocycles. The first-order valence-corrected chi connectivity index (χ1v) is 6.65. The standard InChI is InChI=1S/C13H26F3N/c1-4-10-17-12(8-7-11(2)3)6-5-9-13(14,15)16/h11-12,17H,4-10H2,1-3H3. The van der Waals surface area contributed by atoms with Gasteiger partial charge in [0, 0.05) is 12.5 Å². The second-order valence-electron chi connectivity index (χ2n) is 5.13. The molecule has 0 saturated heterocycles. The fourth-order valence-corrected chi connectivity index (χ4v) is 1.78. The molecule has 0 aliphatic heterocycles. The van der Waals surface area contributed by atoms with Crippen LogP contribution in [0.1, 0.15) is 59.3 Å². The van der Waals surface area contributed by atoms with E-state index in [-0.39, 0.29) is 12.5 Å². The minimum atomic E-state index is -4.01. The second kappa shape index (κ2) is 8.78. The van der Waals surface area contributed by atoms with Crippen molar-refractivity contribution in [1.82, 2.24) is 5.32 Å². The summed E-state index contributed by atoms with van der Waals surface area (Å²) < 4.78 is 36.2. The first-order valence-electron chi connectivity index (χ1n) is 6.65. The molecule has 1 nitrogen and oxygen atoms in total. The van der Waals surface area contributed by atoms with E-state index < -0.39 is 12.6 Å². The molecule has 1 N–H and O–H groups in total. The van der Waals surface area contributed by atoms with E-state index in [2.05, 4.69) is 26.1 Å². The zero-order chi connectivity index (χ0) is 13.3. The summed E-state index contributed by atoms with van der Waals surface area (Å²) in [4.78, 5) is 0. The summed E-state index contributed by atoms with van der Waals surface area (Å²) in [5.74, 6) is 0.614. The van der Waals surface area contributed by atoms with Crippen molar-refractivity contribution in [2.24, 2.45) is 5.92 Å². The molecule has 0 aliphatic rings. The molecule has 0 saturated carbocycles. The number of halogens is 3. The van der Waals surface area contributed by atoms with Crippen molar-refractivity contribution in [1.29, 1.82) is 0 Å². The quantitative estimate of drug-likeness (QED) is 0.637. The molecule has 0 aromatic rings. The molecule has 0 amide bonds. The third-order valence-electron chi connectivity index (χ3n) is 2.79. The van der Waals surface area contributed by atoms with Crippen LogP contribution in [-0.2, 0) is 0 Å². The van der Waals surface area contributed by atoms with Gasteiger partial charge >= 0.3 is 6.18 Å². The number of hydrogen-bond acceptors (Lipinski definition) is 1. The van der Waals surface area contributed by atoms with Crippen LogP contribution in [0.15, 0.2) is 0 Å². The van der Waals surface area contributed by atoms with Gasteiger partial charge in [-0.15, -0.1) is 0 Å². The molecule has 0 rings (SSSR count). The van der Waals surface area contributed by atoms with Gasteiger partial charge in [-0.25, -0.2) is 0 Å². The summed E-state index contributed by atoms with van der Waals surface area (Å²) >= 11 is 0. The lowest BCUT2D eigenvalue weighted by atomic mass is 9.99. The van der Waals surface area contributed by atoms with Crippen LogP contribution in [0.2, 0.25) is 0 Å². The van der Waals surface area contributed by atoms with Gasteiger partial charge in [-0.05, 0) is 44.6 Å². The van der Waals surface area contributed by atoms with E-state index in [0.29, 0.717) is 12.3 Å². The Bertz CT molecular complexity index is 178. The lowest BCUT2D eigenvalue weighted by Gasteiger charge is -2.19. The van der Waals surface area contributed by atoms with Crippen LogP contribution >= 0.6 is 0 Å². The third-order valence-corrected chi connectivity index (χ3v) is 2.79. The van der Waals surface area contributed by atoms with Crippen molar-refractivity contribution < 1.29 is 13.2 Å². The minimum absolute atomic E-state index is 0.239. The van der Waals surface area contributed by atoms with Gasteiger partial charge in [0.05, 0.1) is 0 Å². The molecular formula is C13H26F3N. The minimum Gasteiger partial charge on any atom is -0.314 e. The molecule has 104 valence electrons. The molecule has 1 atom stereocenters. The predicted molar refractivity (Wildman–Crippen MR) is 66.1 cm³/mol. The summed E-state index contributed by atoms with van der Waals surface area (Å²) in [6, 6.07) is 0.250. The van der Waals surface area contributed by atoms with Gasteiger partial charge in [-0.3, -0.25) is 0 Å². The monoisotopic (exact) mass is 253 g/mol. The smallest absolute Gasteiger partial charge is 0.314 e. The normalized spacial score (nSPS) is 14.3. The van der Waals surface area contributed by atoms with E-state index in [1.807, 2.05) is 0 Å². The van der Waals surface area contributed by atoms with E-state index in [0.717, 1.165) is 25.8 Å². The number of hydrogen-bond donors (Lipinski definition) is 1. The van der Waals surface area contributed by atoms with Crippen LogP contribution in [0.5, 0.6) is 0 Å². The summed E-state index contributed by atoms with van der Waals surface area (Å²) in [5, 5.41) is 3.34. The maximum absolute atomic E-state index is 12.1. The van der Waals surface area contributed by atoms with Crippen LogP contribution in [0, 0.1) is 5.92 Å². The first kappa shape index (κ1) is 16.8. The molecule has 0 radical (unpaired) electrons. The van der Waals surface area contributed by atoms with Crippen molar-refractivity contribution in [3.63, 3.8) is 0 Å². The highest BCUT2D eigenvalue weighted by Gasteiger charge is 2.26. The third kappa shape index (κ3) is 12.0. The van der Waals surface area contributed by atoms with Gasteiger partial charge in [0.25, 0.3) is 0 Å². The molecule has 0 bridgehead atoms. The summed E-state index contributed by atoms with van der Waals surface area (Å²) in [7, 11) is 0. The molecule has 0 spiro atoms. The van der Waals surface area contributed by atoms with Crippen LogP contribution in [0.3, 0.4) is 0 Å². The first-order chi connectivity index (χ1) is 7.85. The van der Waals surface area contributed by atoms with Crippen molar-refractivity contribution in [2.75, 3.05) is 6.54 Å². The highest BCUT2D eigenvalue weighted by atomic mass is 19.4. The maximum Gasteiger partial charge on any atom is 0.389 e. The van der Waals surface area contributed by atoms with Gasteiger partial charge in [-0.2, -0.15) is 13.2 Å². The number of rotatable bonds is 9.